The molecule has 1 heterocycles. The van der Waals surface area contributed by atoms with Crippen molar-refractivity contribution in [2.24, 2.45) is 0 Å². The Labute approximate surface area is 160 Å². The lowest BCUT2D eigenvalue weighted by Gasteiger charge is -2.16. The smallest absolute Gasteiger partial charge is 0.148 e. The van der Waals surface area contributed by atoms with Gasteiger partial charge in [-0.25, -0.2) is 0 Å². The number of aliphatic hydroxyl groups is 1. The molecular formula is C25H23NO. The number of unbranched alkanes of at least 4 members (excludes halogenated alkanes) is 1. The minimum absolute atomic E-state index is 0.754. The fourth-order valence-electron chi connectivity index (χ4n) is 3.64. The van der Waals surface area contributed by atoms with Crippen molar-refractivity contribution in [3.63, 3.8) is 0 Å². The van der Waals surface area contributed by atoms with E-state index in [9.17, 15) is 5.11 Å². The predicted molar refractivity (Wildman–Crippen MR) is 112 cm³/mol. The first-order chi connectivity index (χ1) is 13.2. The van der Waals surface area contributed by atoms with Crippen LogP contribution in [0.2, 0.25) is 0 Å². The average molecular weight is 353 g/mol. The molecule has 27 heavy (non-hydrogen) atoms. The summed E-state index contributed by atoms with van der Waals surface area (Å²) in [4.78, 5) is 0. The Hall–Kier alpha value is -3.02. The van der Waals surface area contributed by atoms with Crippen LogP contribution in [0.5, 0.6) is 0 Å². The maximum atomic E-state index is 10.6. The maximum Gasteiger partial charge on any atom is 0.148 e. The number of benzene rings is 3. The van der Waals surface area contributed by atoms with Crippen molar-refractivity contribution < 1.29 is 5.11 Å². The molecule has 0 aliphatic rings. The van der Waals surface area contributed by atoms with Gasteiger partial charge in [0.05, 0.1) is 0 Å². The highest BCUT2D eigenvalue weighted by molar-refractivity contribution is 6.07. The van der Waals surface area contributed by atoms with E-state index < -0.39 is 5.60 Å². The molecule has 0 radical (unpaired) electrons. The van der Waals surface area contributed by atoms with E-state index in [4.69, 9.17) is 0 Å². The Balaban J connectivity index is 1.51. The fourth-order valence-corrected chi connectivity index (χ4v) is 3.64. The lowest BCUT2D eigenvalue weighted by atomic mass is 9.97. The second-order valence-corrected chi connectivity index (χ2v) is 7.03. The minimum Gasteiger partial charge on any atom is -0.374 e. The Morgan fingerprint density at radius 2 is 1.37 bits per heavy atom. The highest BCUT2D eigenvalue weighted by Crippen LogP contribution is 2.29. The minimum atomic E-state index is -1.10. The number of fused-ring (bicyclic) bond motifs is 3. The molecule has 4 aromatic rings. The first-order valence-corrected chi connectivity index (χ1v) is 9.41. The fraction of sp³-hybridized carbons (Fsp3) is 0.200. The Morgan fingerprint density at radius 1 is 0.815 bits per heavy atom. The molecule has 1 unspecified atom stereocenters. The van der Waals surface area contributed by atoms with E-state index in [-0.39, 0.29) is 0 Å². The molecule has 1 aromatic heterocycles. The van der Waals surface area contributed by atoms with Gasteiger partial charge in [-0.15, -0.1) is 0 Å². The maximum absolute atomic E-state index is 10.6. The second kappa shape index (κ2) is 7.31. The highest BCUT2D eigenvalue weighted by Gasteiger charge is 2.18. The molecule has 0 fully saturated rings. The zero-order chi connectivity index (χ0) is 18.7. The summed E-state index contributed by atoms with van der Waals surface area (Å²) in [6, 6.07) is 26.7. The highest BCUT2D eigenvalue weighted by atomic mass is 16.3. The van der Waals surface area contributed by atoms with Gasteiger partial charge in [-0.2, -0.15) is 0 Å². The first kappa shape index (κ1) is 17.4. The quantitative estimate of drug-likeness (QED) is 0.381. The third-order valence-corrected chi connectivity index (χ3v) is 5.03. The molecule has 1 atom stereocenters. The van der Waals surface area contributed by atoms with Gasteiger partial charge in [-0.3, -0.25) is 0 Å². The standard InChI is InChI=1S/C25H23NO/c1-25(27,20-12-4-2-5-13-20)18-10-3-11-19-26-23-16-8-6-14-21(23)22-15-7-9-17-24(22)26/h2,4-9,12-17,27H,3,11,19H2,1H3. The molecule has 2 nitrogen and oxygen atoms in total. The van der Waals surface area contributed by atoms with Crippen molar-refractivity contribution in [3.8, 4) is 11.8 Å². The topological polar surface area (TPSA) is 25.2 Å². The van der Waals surface area contributed by atoms with Gasteiger partial charge in [0.1, 0.15) is 5.60 Å². The zero-order valence-electron chi connectivity index (χ0n) is 15.5. The van der Waals surface area contributed by atoms with E-state index in [0.717, 1.165) is 24.9 Å². The van der Waals surface area contributed by atoms with Crippen molar-refractivity contribution >= 4 is 21.8 Å². The Bertz CT molecular complexity index is 1070. The van der Waals surface area contributed by atoms with Crippen LogP contribution >= 0.6 is 0 Å². The molecule has 0 aliphatic heterocycles. The monoisotopic (exact) mass is 353 g/mol. The summed E-state index contributed by atoms with van der Waals surface area (Å²) in [5, 5.41) is 13.2. The third kappa shape index (κ3) is 3.47. The molecule has 3 aromatic carbocycles. The van der Waals surface area contributed by atoms with Gasteiger partial charge < -0.3 is 9.67 Å². The molecule has 0 aliphatic carbocycles. The van der Waals surface area contributed by atoms with Crippen molar-refractivity contribution in [3.05, 3.63) is 84.4 Å². The average Bonchev–Trinajstić information content (AvgIpc) is 3.03. The summed E-state index contributed by atoms with van der Waals surface area (Å²) in [6.45, 7) is 2.67. The Kier molecular flexibility index (Phi) is 4.71. The van der Waals surface area contributed by atoms with E-state index in [1.54, 1.807) is 6.92 Å². The second-order valence-electron chi connectivity index (χ2n) is 7.03. The van der Waals surface area contributed by atoms with Gasteiger partial charge in [0.15, 0.2) is 0 Å². The van der Waals surface area contributed by atoms with E-state index in [0.29, 0.717) is 0 Å². The molecule has 134 valence electrons. The molecule has 0 saturated carbocycles. The SMILES string of the molecule is CC(O)(C#CCCCn1c2ccccc2c2ccccc21)c1ccccc1. The summed E-state index contributed by atoms with van der Waals surface area (Å²) in [5.74, 6) is 6.20. The van der Waals surface area contributed by atoms with E-state index >= 15 is 0 Å². The molecule has 0 saturated heterocycles. The Morgan fingerprint density at radius 3 is 2.00 bits per heavy atom. The number of hydrogen-bond acceptors (Lipinski definition) is 1. The van der Waals surface area contributed by atoms with Crippen LogP contribution in [-0.4, -0.2) is 9.67 Å². The van der Waals surface area contributed by atoms with Crippen LogP contribution in [0.15, 0.2) is 78.9 Å². The summed E-state index contributed by atoms with van der Waals surface area (Å²) < 4.78 is 2.38. The number of rotatable bonds is 4. The number of aromatic nitrogens is 1. The molecule has 1 N–H and O–H groups in total. The van der Waals surface area contributed by atoms with Crippen LogP contribution < -0.4 is 0 Å². The number of aryl methyl sites for hydroxylation is 1. The predicted octanol–water partition coefficient (Wildman–Crippen LogP) is 5.49. The molecular weight excluding hydrogens is 330 g/mol. The lowest BCUT2D eigenvalue weighted by molar-refractivity contribution is 0.122. The van der Waals surface area contributed by atoms with Crippen LogP contribution in [0.1, 0.15) is 25.3 Å². The van der Waals surface area contributed by atoms with E-state index in [1.807, 2.05) is 30.3 Å². The van der Waals surface area contributed by atoms with Gasteiger partial charge in [-0.05, 0) is 31.0 Å². The summed E-state index contributed by atoms with van der Waals surface area (Å²) in [6.07, 6.45) is 1.70. The molecule has 4 rings (SSSR count). The van der Waals surface area contributed by atoms with E-state index in [1.165, 1.54) is 21.8 Å². The van der Waals surface area contributed by atoms with Crippen molar-refractivity contribution in [2.75, 3.05) is 0 Å². The number of nitrogens with zero attached hydrogens (tertiary/aromatic N) is 1. The molecule has 0 spiro atoms. The first-order valence-electron chi connectivity index (χ1n) is 9.41. The summed E-state index contributed by atoms with van der Waals surface area (Å²) in [5.41, 5.74) is 2.26. The van der Waals surface area contributed by atoms with Gasteiger partial charge in [-0.1, -0.05) is 78.6 Å². The molecule has 0 bridgehead atoms. The molecule has 2 heteroatoms. The number of hydrogen-bond donors (Lipinski definition) is 1. The van der Waals surface area contributed by atoms with Crippen LogP contribution in [0.3, 0.4) is 0 Å². The van der Waals surface area contributed by atoms with Crippen LogP contribution in [0, 0.1) is 11.8 Å². The van der Waals surface area contributed by atoms with Gasteiger partial charge in [0.25, 0.3) is 0 Å². The zero-order valence-corrected chi connectivity index (χ0v) is 15.5. The normalized spacial score (nSPS) is 13.3. The largest absolute Gasteiger partial charge is 0.374 e. The van der Waals surface area contributed by atoms with Crippen LogP contribution in [0.4, 0.5) is 0 Å². The van der Waals surface area contributed by atoms with Gasteiger partial charge in [0.2, 0.25) is 0 Å². The lowest BCUT2D eigenvalue weighted by Crippen LogP contribution is -2.18. The van der Waals surface area contributed by atoms with Crippen LogP contribution in [0.25, 0.3) is 21.8 Å². The third-order valence-electron chi connectivity index (χ3n) is 5.03. The van der Waals surface area contributed by atoms with Gasteiger partial charge in [0, 0.05) is 34.8 Å². The van der Waals surface area contributed by atoms with Crippen molar-refractivity contribution in [1.29, 1.82) is 0 Å². The van der Waals surface area contributed by atoms with Crippen molar-refractivity contribution in [2.45, 2.75) is 31.9 Å². The summed E-state index contributed by atoms with van der Waals surface area (Å²) in [7, 11) is 0. The molecule has 0 amide bonds. The van der Waals surface area contributed by atoms with Gasteiger partial charge >= 0.3 is 0 Å². The van der Waals surface area contributed by atoms with E-state index in [2.05, 4.69) is 64.9 Å². The van der Waals surface area contributed by atoms with Crippen molar-refractivity contribution in [1.82, 2.24) is 4.57 Å². The van der Waals surface area contributed by atoms with Crippen LogP contribution in [-0.2, 0) is 12.1 Å². The number of para-hydroxylation sites is 2. The summed E-state index contributed by atoms with van der Waals surface area (Å²) >= 11 is 0.